The molecule has 2 heterocycles. The topological polar surface area (TPSA) is 41.5 Å². The fourth-order valence-electron chi connectivity index (χ4n) is 3.55. The van der Waals surface area contributed by atoms with Gasteiger partial charge in [-0.1, -0.05) is 17.7 Å². The van der Waals surface area contributed by atoms with Crippen molar-refractivity contribution in [1.82, 2.24) is 5.32 Å². The van der Waals surface area contributed by atoms with Crippen LogP contribution in [-0.2, 0) is 17.5 Å². The minimum absolute atomic E-state index is 0.0278. The first-order valence-corrected chi connectivity index (χ1v) is 7.47. The summed E-state index contributed by atoms with van der Waals surface area (Å²) in [7, 11) is 0. The standard InChI is InChI=1S/C15H17ClF3NO2/c1-9-14(6-13(7-14,8-21)22-9)20-5-10-2-3-12(16)11(4-10)15(17,18)19/h2-4,9,20-21H,5-8H2,1H3. The van der Waals surface area contributed by atoms with Gasteiger partial charge in [-0.15, -0.1) is 0 Å². The van der Waals surface area contributed by atoms with Crippen molar-refractivity contribution in [2.45, 2.75) is 49.7 Å². The lowest BCUT2D eigenvalue weighted by atomic mass is 9.66. The van der Waals surface area contributed by atoms with Crippen LogP contribution in [0.3, 0.4) is 0 Å². The first-order chi connectivity index (χ1) is 10.2. The van der Waals surface area contributed by atoms with E-state index in [2.05, 4.69) is 5.32 Å². The Hall–Kier alpha value is -0.820. The van der Waals surface area contributed by atoms with Gasteiger partial charge in [0.2, 0.25) is 0 Å². The molecule has 2 aliphatic heterocycles. The molecule has 2 N–H and O–H groups in total. The van der Waals surface area contributed by atoms with Crippen molar-refractivity contribution in [1.29, 1.82) is 0 Å². The van der Waals surface area contributed by atoms with Crippen LogP contribution < -0.4 is 5.32 Å². The second-order valence-corrected chi connectivity index (χ2v) is 6.68. The molecule has 7 heteroatoms. The summed E-state index contributed by atoms with van der Waals surface area (Å²) in [6.07, 6.45) is -3.18. The number of aliphatic hydroxyl groups excluding tert-OH is 1. The van der Waals surface area contributed by atoms with Gasteiger partial charge in [0.25, 0.3) is 0 Å². The summed E-state index contributed by atoms with van der Waals surface area (Å²) in [4.78, 5) is 0. The lowest BCUT2D eigenvalue weighted by Gasteiger charge is -2.45. The number of hydrogen-bond donors (Lipinski definition) is 2. The Morgan fingerprint density at radius 1 is 1.41 bits per heavy atom. The predicted molar refractivity (Wildman–Crippen MR) is 75.6 cm³/mol. The number of alkyl halides is 3. The Kier molecular flexibility index (Phi) is 3.72. The number of rotatable bonds is 4. The highest BCUT2D eigenvalue weighted by molar-refractivity contribution is 6.31. The maximum atomic E-state index is 12.9. The first-order valence-electron chi connectivity index (χ1n) is 7.09. The Morgan fingerprint density at radius 3 is 2.64 bits per heavy atom. The number of halogens is 4. The van der Waals surface area contributed by atoms with E-state index < -0.39 is 17.3 Å². The molecule has 0 amide bonds. The van der Waals surface area contributed by atoms with Gasteiger partial charge in [-0.25, -0.2) is 0 Å². The van der Waals surface area contributed by atoms with Crippen LogP contribution in [0.4, 0.5) is 13.2 Å². The quantitative estimate of drug-likeness (QED) is 0.888. The van der Waals surface area contributed by atoms with Gasteiger partial charge in [0.15, 0.2) is 0 Å². The van der Waals surface area contributed by atoms with Gasteiger partial charge in [-0.2, -0.15) is 13.2 Å². The monoisotopic (exact) mass is 335 g/mol. The van der Waals surface area contributed by atoms with Gasteiger partial charge in [-0.3, -0.25) is 0 Å². The fraction of sp³-hybridized carbons (Fsp3) is 0.600. The predicted octanol–water partition coefficient (Wildman–Crippen LogP) is 3.13. The van der Waals surface area contributed by atoms with Gasteiger partial charge >= 0.3 is 6.18 Å². The zero-order chi connectivity index (χ0) is 16.2. The normalized spacial score (nSPS) is 33.8. The minimum Gasteiger partial charge on any atom is -0.393 e. The second-order valence-electron chi connectivity index (χ2n) is 6.28. The molecule has 22 heavy (non-hydrogen) atoms. The molecule has 3 nitrogen and oxygen atoms in total. The van der Waals surface area contributed by atoms with E-state index in [1.165, 1.54) is 6.07 Å². The van der Waals surface area contributed by atoms with Gasteiger partial charge in [0.1, 0.15) is 0 Å². The van der Waals surface area contributed by atoms with Crippen molar-refractivity contribution < 1.29 is 23.0 Å². The third kappa shape index (κ3) is 2.52. The van der Waals surface area contributed by atoms with Crippen LogP contribution in [0.1, 0.15) is 30.9 Å². The molecular formula is C15H17ClF3NO2. The van der Waals surface area contributed by atoms with Gasteiger partial charge in [0.05, 0.1) is 34.4 Å². The number of hydrogen-bond acceptors (Lipinski definition) is 3. The molecule has 1 saturated carbocycles. The summed E-state index contributed by atoms with van der Waals surface area (Å²) in [5.41, 5.74) is -1.03. The van der Waals surface area contributed by atoms with E-state index in [4.69, 9.17) is 16.3 Å². The average Bonchev–Trinajstić information content (AvgIpc) is 2.84. The van der Waals surface area contributed by atoms with Crippen molar-refractivity contribution >= 4 is 11.6 Å². The van der Waals surface area contributed by atoms with Gasteiger partial charge < -0.3 is 15.2 Å². The molecule has 2 saturated heterocycles. The van der Waals surface area contributed by atoms with Crippen LogP contribution in [0, 0.1) is 0 Å². The Morgan fingerprint density at radius 2 is 2.09 bits per heavy atom. The molecule has 2 bridgehead atoms. The molecule has 122 valence electrons. The van der Waals surface area contributed by atoms with Crippen LogP contribution in [0.5, 0.6) is 0 Å². The highest BCUT2D eigenvalue weighted by Gasteiger charge is 2.65. The van der Waals surface area contributed by atoms with Crippen LogP contribution in [0.15, 0.2) is 18.2 Å². The van der Waals surface area contributed by atoms with Crippen LogP contribution in [0.2, 0.25) is 5.02 Å². The van der Waals surface area contributed by atoms with E-state index in [0.717, 1.165) is 6.07 Å². The highest BCUT2D eigenvalue weighted by Crippen LogP contribution is 2.55. The average molecular weight is 336 g/mol. The summed E-state index contributed by atoms with van der Waals surface area (Å²) in [5.74, 6) is 0. The summed E-state index contributed by atoms with van der Waals surface area (Å²) >= 11 is 5.62. The maximum Gasteiger partial charge on any atom is 0.417 e. The SMILES string of the molecule is CC1OC2(CO)CC1(NCc1ccc(Cl)c(C(F)(F)F)c1)C2. The van der Waals surface area contributed by atoms with Crippen molar-refractivity contribution in [2.75, 3.05) is 6.61 Å². The molecule has 3 fully saturated rings. The number of nitrogens with one attached hydrogen (secondary N) is 1. The van der Waals surface area contributed by atoms with Gasteiger partial charge in [0, 0.05) is 6.54 Å². The zero-order valence-corrected chi connectivity index (χ0v) is 12.8. The van der Waals surface area contributed by atoms with Crippen molar-refractivity contribution in [2.24, 2.45) is 0 Å². The summed E-state index contributed by atoms with van der Waals surface area (Å²) in [5, 5.41) is 12.3. The molecule has 1 aliphatic carbocycles. The van der Waals surface area contributed by atoms with Crippen LogP contribution in [-0.4, -0.2) is 29.0 Å². The molecule has 3 aliphatic rings. The summed E-state index contributed by atoms with van der Waals surface area (Å²) in [6.45, 7) is 2.19. The van der Waals surface area contributed by atoms with E-state index in [9.17, 15) is 18.3 Å². The molecule has 0 radical (unpaired) electrons. The highest BCUT2D eigenvalue weighted by atomic mass is 35.5. The smallest absolute Gasteiger partial charge is 0.393 e. The molecule has 1 atom stereocenters. The van der Waals surface area contributed by atoms with E-state index in [1.807, 2.05) is 6.92 Å². The molecule has 1 unspecified atom stereocenters. The van der Waals surface area contributed by atoms with Crippen molar-refractivity contribution in [3.05, 3.63) is 34.3 Å². The van der Waals surface area contributed by atoms with E-state index in [-0.39, 0.29) is 23.3 Å². The van der Waals surface area contributed by atoms with E-state index >= 15 is 0 Å². The molecule has 1 aromatic rings. The summed E-state index contributed by atoms with van der Waals surface area (Å²) in [6, 6.07) is 3.93. The molecular weight excluding hydrogens is 319 g/mol. The Balaban J connectivity index is 1.71. The first kappa shape index (κ1) is 16.1. The number of aliphatic hydroxyl groups is 1. The van der Waals surface area contributed by atoms with Crippen LogP contribution >= 0.6 is 11.6 Å². The van der Waals surface area contributed by atoms with Crippen molar-refractivity contribution in [3.8, 4) is 0 Å². The molecule has 1 aromatic carbocycles. The third-order valence-electron chi connectivity index (χ3n) is 4.75. The number of ether oxygens (including phenoxy) is 1. The molecule has 4 rings (SSSR count). The Labute approximate surface area is 131 Å². The zero-order valence-electron chi connectivity index (χ0n) is 12.0. The molecule has 0 spiro atoms. The minimum atomic E-state index is -4.46. The number of benzene rings is 1. The second kappa shape index (κ2) is 5.09. The molecule has 0 aromatic heterocycles. The Bertz CT molecular complexity index is 585. The van der Waals surface area contributed by atoms with E-state index in [0.29, 0.717) is 24.9 Å². The number of fused-ring (bicyclic) bond motifs is 1. The third-order valence-corrected chi connectivity index (χ3v) is 5.08. The lowest BCUT2D eigenvalue weighted by Crippen LogP contribution is -2.60. The lowest BCUT2D eigenvalue weighted by molar-refractivity contribution is -0.137. The largest absolute Gasteiger partial charge is 0.417 e. The summed E-state index contributed by atoms with van der Waals surface area (Å²) < 4.78 is 44.3. The maximum absolute atomic E-state index is 12.9. The van der Waals surface area contributed by atoms with Crippen molar-refractivity contribution in [3.63, 3.8) is 0 Å². The van der Waals surface area contributed by atoms with E-state index in [1.54, 1.807) is 6.07 Å². The van der Waals surface area contributed by atoms with Crippen LogP contribution in [0.25, 0.3) is 0 Å². The fourth-order valence-corrected chi connectivity index (χ4v) is 3.78. The van der Waals surface area contributed by atoms with Gasteiger partial charge in [-0.05, 0) is 37.5 Å².